The number of benzene rings is 3. The van der Waals surface area contributed by atoms with Crippen molar-refractivity contribution < 1.29 is 4.42 Å². The van der Waals surface area contributed by atoms with Crippen LogP contribution in [0.2, 0.25) is 0 Å². The van der Waals surface area contributed by atoms with Crippen molar-refractivity contribution in [3.63, 3.8) is 0 Å². The lowest BCUT2D eigenvalue weighted by Gasteiger charge is -2.07. The molecule has 0 saturated heterocycles. The summed E-state index contributed by atoms with van der Waals surface area (Å²) in [4.78, 5) is 0. The lowest BCUT2D eigenvalue weighted by Crippen LogP contribution is -1.87. The van der Waals surface area contributed by atoms with Gasteiger partial charge in [0.2, 0.25) is 0 Å². The molecule has 0 aliphatic rings. The minimum absolute atomic E-state index is 0.477. The molecule has 1 nitrogen and oxygen atoms in total. The quantitative estimate of drug-likeness (QED) is 0.417. The standard InChI is InChI=1S/C21H18O/c1-14(2)17-9-6-10-20-21(17)18-13-16(11-12-19(18)22-20)15-7-4-3-5-8-15/h3-14H,1-2H3. The Morgan fingerprint density at radius 1 is 0.727 bits per heavy atom. The van der Waals surface area contributed by atoms with Crippen molar-refractivity contribution >= 4 is 21.9 Å². The van der Waals surface area contributed by atoms with Crippen LogP contribution in [0.3, 0.4) is 0 Å². The number of fused-ring (bicyclic) bond motifs is 3. The molecule has 0 unspecified atom stereocenters. The Labute approximate surface area is 130 Å². The maximum atomic E-state index is 6.03. The van der Waals surface area contributed by atoms with Crippen molar-refractivity contribution in [3.05, 3.63) is 72.3 Å². The molecule has 0 amide bonds. The molecule has 0 radical (unpaired) electrons. The molecule has 108 valence electrons. The predicted octanol–water partition coefficient (Wildman–Crippen LogP) is 6.38. The van der Waals surface area contributed by atoms with Crippen molar-refractivity contribution in [2.45, 2.75) is 19.8 Å². The van der Waals surface area contributed by atoms with Crippen LogP contribution in [0.4, 0.5) is 0 Å². The second-order valence-corrected chi connectivity index (χ2v) is 6.05. The molecule has 3 aromatic carbocycles. The monoisotopic (exact) mass is 286 g/mol. The van der Waals surface area contributed by atoms with E-state index in [2.05, 4.69) is 74.5 Å². The van der Waals surface area contributed by atoms with E-state index in [0.717, 1.165) is 11.2 Å². The van der Waals surface area contributed by atoms with Gasteiger partial charge in [-0.25, -0.2) is 0 Å². The van der Waals surface area contributed by atoms with Crippen LogP contribution in [0.15, 0.2) is 71.1 Å². The van der Waals surface area contributed by atoms with Gasteiger partial charge in [-0.05, 0) is 40.8 Å². The third-order valence-corrected chi connectivity index (χ3v) is 4.26. The second-order valence-electron chi connectivity index (χ2n) is 6.05. The first-order chi connectivity index (χ1) is 10.7. The zero-order valence-electron chi connectivity index (χ0n) is 12.8. The van der Waals surface area contributed by atoms with Crippen LogP contribution in [0.1, 0.15) is 25.3 Å². The first kappa shape index (κ1) is 13.1. The van der Waals surface area contributed by atoms with Crippen LogP contribution in [0.25, 0.3) is 33.1 Å². The first-order valence-corrected chi connectivity index (χ1v) is 7.74. The van der Waals surface area contributed by atoms with Gasteiger partial charge in [0.1, 0.15) is 11.2 Å². The number of furan rings is 1. The fourth-order valence-electron chi connectivity index (χ4n) is 3.15. The summed E-state index contributed by atoms with van der Waals surface area (Å²) in [5.74, 6) is 0.477. The normalized spacial score (nSPS) is 11.6. The van der Waals surface area contributed by atoms with Crippen LogP contribution in [0.5, 0.6) is 0 Å². The molecule has 4 rings (SSSR count). The summed E-state index contributed by atoms with van der Waals surface area (Å²) < 4.78 is 6.03. The van der Waals surface area contributed by atoms with E-state index in [4.69, 9.17) is 4.42 Å². The third kappa shape index (κ3) is 2.01. The molecule has 0 atom stereocenters. The molecule has 4 aromatic rings. The van der Waals surface area contributed by atoms with E-state index in [1.54, 1.807) is 0 Å². The van der Waals surface area contributed by atoms with Gasteiger partial charge in [0.05, 0.1) is 0 Å². The van der Waals surface area contributed by atoms with Gasteiger partial charge in [0, 0.05) is 10.8 Å². The van der Waals surface area contributed by atoms with Gasteiger partial charge < -0.3 is 4.42 Å². The Hall–Kier alpha value is -2.54. The Morgan fingerprint density at radius 3 is 2.32 bits per heavy atom. The highest BCUT2D eigenvalue weighted by molar-refractivity contribution is 6.08. The van der Waals surface area contributed by atoms with E-state index in [1.165, 1.54) is 27.5 Å². The fraction of sp³-hybridized carbons (Fsp3) is 0.143. The summed E-state index contributed by atoms with van der Waals surface area (Å²) in [6.07, 6.45) is 0. The Kier molecular flexibility index (Phi) is 3.00. The van der Waals surface area contributed by atoms with Crippen LogP contribution >= 0.6 is 0 Å². The van der Waals surface area contributed by atoms with Gasteiger partial charge in [-0.15, -0.1) is 0 Å². The first-order valence-electron chi connectivity index (χ1n) is 7.74. The minimum atomic E-state index is 0.477. The molecule has 1 heteroatoms. The summed E-state index contributed by atoms with van der Waals surface area (Å²) in [6, 6.07) is 23.3. The molecule has 0 aliphatic carbocycles. The molecule has 1 aromatic heterocycles. The van der Waals surface area contributed by atoms with Gasteiger partial charge in [0.15, 0.2) is 0 Å². The molecule has 0 bridgehead atoms. The molecule has 0 saturated carbocycles. The molecule has 1 heterocycles. The van der Waals surface area contributed by atoms with E-state index in [0.29, 0.717) is 5.92 Å². The Bertz CT molecular complexity index is 946. The van der Waals surface area contributed by atoms with Gasteiger partial charge in [-0.2, -0.15) is 0 Å². The summed E-state index contributed by atoms with van der Waals surface area (Å²) >= 11 is 0. The highest BCUT2D eigenvalue weighted by Crippen LogP contribution is 2.36. The summed E-state index contributed by atoms with van der Waals surface area (Å²) in [5, 5.41) is 2.46. The lowest BCUT2D eigenvalue weighted by molar-refractivity contribution is 0.668. The van der Waals surface area contributed by atoms with Crippen molar-refractivity contribution in [1.29, 1.82) is 0 Å². The molecule has 0 N–H and O–H groups in total. The van der Waals surface area contributed by atoms with Gasteiger partial charge >= 0.3 is 0 Å². The maximum absolute atomic E-state index is 6.03. The summed E-state index contributed by atoms with van der Waals surface area (Å²) in [5.41, 5.74) is 5.76. The van der Waals surface area contributed by atoms with Crippen LogP contribution in [0, 0.1) is 0 Å². The lowest BCUT2D eigenvalue weighted by atomic mass is 9.96. The highest BCUT2D eigenvalue weighted by Gasteiger charge is 2.13. The predicted molar refractivity (Wildman–Crippen MR) is 93.2 cm³/mol. The van der Waals surface area contributed by atoms with Crippen molar-refractivity contribution in [1.82, 2.24) is 0 Å². The van der Waals surface area contributed by atoms with E-state index >= 15 is 0 Å². The molecular formula is C21H18O. The smallest absolute Gasteiger partial charge is 0.135 e. The highest BCUT2D eigenvalue weighted by atomic mass is 16.3. The van der Waals surface area contributed by atoms with Crippen molar-refractivity contribution in [2.24, 2.45) is 0 Å². The van der Waals surface area contributed by atoms with Crippen molar-refractivity contribution in [2.75, 3.05) is 0 Å². The SMILES string of the molecule is CC(C)c1cccc2oc3ccc(-c4ccccc4)cc3c12. The topological polar surface area (TPSA) is 13.1 Å². The van der Waals surface area contributed by atoms with Crippen molar-refractivity contribution in [3.8, 4) is 11.1 Å². The average Bonchev–Trinajstić information content (AvgIpc) is 2.93. The molecule has 0 fully saturated rings. The summed E-state index contributed by atoms with van der Waals surface area (Å²) in [7, 11) is 0. The summed E-state index contributed by atoms with van der Waals surface area (Å²) in [6.45, 7) is 4.46. The molecule has 0 spiro atoms. The minimum Gasteiger partial charge on any atom is -0.456 e. The van der Waals surface area contributed by atoms with E-state index in [1.807, 2.05) is 6.07 Å². The van der Waals surface area contributed by atoms with Crippen LogP contribution < -0.4 is 0 Å². The van der Waals surface area contributed by atoms with Crippen LogP contribution in [-0.4, -0.2) is 0 Å². The second kappa shape index (κ2) is 5.03. The largest absolute Gasteiger partial charge is 0.456 e. The van der Waals surface area contributed by atoms with Crippen LogP contribution in [-0.2, 0) is 0 Å². The van der Waals surface area contributed by atoms with E-state index < -0.39 is 0 Å². The Balaban J connectivity index is 2.04. The molecule has 22 heavy (non-hydrogen) atoms. The number of hydrogen-bond acceptors (Lipinski definition) is 1. The average molecular weight is 286 g/mol. The molecular weight excluding hydrogens is 268 g/mol. The fourth-order valence-corrected chi connectivity index (χ4v) is 3.15. The van der Waals surface area contributed by atoms with Gasteiger partial charge in [0.25, 0.3) is 0 Å². The zero-order chi connectivity index (χ0) is 15.1. The number of hydrogen-bond donors (Lipinski definition) is 0. The third-order valence-electron chi connectivity index (χ3n) is 4.26. The van der Waals surface area contributed by atoms with Gasteiger partial charge in [-0.1, -0.05) is 62.4 Å². The Morgan fingerprint density at radius 2 is 1.55 bits per heavy atom. The van der Waals surface area contributed by atoms with E-state index in [-0.39, 0.29) is 0 Å². The molecule has 0 aliphatic heterocycles. The zero-order valence-corrected chi connectivity index (χ0v) is 12.8. The maximum Gasteiger partial charge on any atom is 0.135 e. The van der Waals surface area contributed by atoms with E-state index in [9.17, 15) is 0 Å². The number of rotatable bonds is 2. The van der Waals surface area contributed by atoms with Gasteiger partial charge in [-0.3, -0.25) is 0 Å².